The third kappa shape index (κ3) is 6.22. The maximum absolute atomic E-state index is 3.66. The molecule has 0 unspecified atom stereocenters. The summed E-state index contributed by atoms with van der Waals surface area (Å²) in [7, 11) is 0. The molecule has 0 saturated carbocycles. The van der Waals surface area contributed by atoms with Crippen molar-refractivity contribution in [3.05, 3.63) is 19.1 Å². The smallest absolute Gasteiger partial charge is 0.00659 e. The van der Waals surface area contributed by atoms with E-state index in [4.69, 9.17) is 0 Å². The van der Waals surface area contributed by atoms with Gasteiger partial charge in [-0.1, -0.05) is 28.1 Å². The largest absolute Gasteiger partial charge is 0.0925 e. The van der Waals surface area contributed by atoms with Gasteiger partial charge in [-0.3, -0.25) is 0 Å². The molecule has 0 nitrogen and oxygen atoms in total. The third-order valence-corrected chi connectivity index (χ3v) is 1.07. The van der Waals surface area contributed by atoms with Crippen molar-refractivity contribution in [3.8, 4) is 0 Å². The van der Waals surface area contributed by atoms with Crippen LogP contribution in [0.2, 0.25) is 0 Å². The van der Waals surface area contributed by atoms with Gasteiger partial charge in [0, 0.05) is 5.33 Å². The predicted octanol–water partition coefficient (Wildman–Crippen LogP) is 2.55. The molecule has 0 aromatic carbocycles. The van der Waals surface area contributed by atoms with Crippen LogP contribution in [-0.4, -0.2) is 5.33 Å². The Morgan fingerprint density at radius 3 is 2.57 bits per heavy atom. The van der Waals surface area contributed by atoms with E-state index in [0.29, 0.717) is 0 Å². The lowest BCUT2D eigenvalue weighted by atomic mass is 10.4. The highest BCUT2D eigenvalue weighted by molar-refractivity contribution is 9.09. The van der Waals surface area contributed by atoms with Crippen LogP contribution < -0.4 is 0 Å². The molecule has 0 atom stereocenters. The minimum Gasteiger partial charge on any atom is -0.0925 e. The summed E-state index contributed by atoms with van der Waals surface area (Å²) in [4.78, 5) is 0. The van der Waals surface area contributed by atoms with Gasteiger partial charge in [0.25, 0.3) is 0 Å². The molecule has 1 heteroatoms. The first-order valence-electron chi connectivity index (χ1n) is 2.42. The number of allylic oxidation sites excluding steroid dienone is 2. The molecule has 0 saturated heterocycles. The molecule has 41 valence electrons. The maximum Gasteiger partial charge on any atom is 0.00659 e. The van der Waals surface area contributed by atoms with Crippen LogP contribution in [0.25, 0.3) is 0 Å². The second-order valence-corrected chi connectivity index (χ2v) is 2.03. The highest BCUT2D eigenvalue weighted by atomic mass is 79.9. The van der Waals surface area contributed by atoms with E-state index in [1.165, 1.54) is 0 Å². The number of hydrogen-bond acceptors (Lipinski definition) is 0. The molecule has 0 amide bonds. The van der Waals surface area contributed by atoms with Crippen LogP contribution >= 0.6 is 15.9 Å². The fourth-order valence-electron chi connectivity index (χ4n) is 0.299. The molecule has 0 aromatic rings. The lowest BCUT2D eigenvalue weighted by Crippen LogP contribution is -1.63. The fourth-order valence-corrected chi connectivity index (χ4v) is 0.563. The Labute approximate surface area is 53.7 Å². The number of alkyl halides is 1. The Bertz CT molecular complexity index is 48.1. The Morgan fingerprint density at radius 2 is 2.14 bits per heavy atom. The van der Waals surface area contributed by atoms with Gasteiger partial charge in [-0.05, 0) is 19.8 Å². The standard InChI is InChI=1S/C6H10Br/c1-2-3-4-5-6-7/h3-4H,1-2,5-6H2/b4-3-. The van der Waals surface area contributed by atoms with Crippen LogP contribution in [0.4, 0.5) is 0 Å². The minimum absolute atomic E-state index is 0.910. The molecule has 0 aliphatic carbocycles. The van der Waals surface area contributed by atoms with Gasteiger partial charge in [-0.15, -0.1) is 0 Å². The first kappa shape index (κ1) is 7.22. The van der Waals surface area contributed by atoms with E-state index in [-0.39, 0.29) is 0 Å². The van der Waals surface area contributed by atoms with Crippen molar-refractivity contribution in [1.82, 2.24) is 0 Å². The van der Waals surface area contributed by atoms with Gasteiger partial charge in [0.2, 0.25) is 0 Å². The van der Waals surface area contributed by atoms with Crippen LogP contribution in [0.5, 0.6) is 0 Å². The average molecular weight is 162 g/mol. The molecular formula is C6H10Br. The Balaban J connectivity index is 2.78. The highest BCUT2D eigenvalue weighted by Crippen LogP contribution is 1.89. The van der Waals surface area contributed by atoms with E-state index in [1.54, 1.807) is 0 Å². The highest BCUT2D eigenvalue weighted by Gasteiger charge is 1.69. The Morgan fingerprint density at radius 1 is 1.43 bits per heavy atom. The first-order valence-corrected chi connectivity index (χ1v) is 3.54. The average Bonchev–Trinajstić information content (AvgIpc) is 1.69. The van der Waals surface area contributed by atoms with Crippen LogP contribution in [0.3, 0.4) is 0 Å². The topological polar surface area (TPSA) is 0 Å². The van der Waals surface area contributed by atoms with E-state index in [9.17, 15) is 0 Å². The van der Waals surface area contributed by atoms with Crippen molar-refractivity contribution in [2.75, 3.05) is 5.33 Å². The minimum atomic E-state index is 0.910. The van der Waals surface area contributed by atoms with Crippen LogP contribution in [0, 0.1) is 6.92 Å². The summed E-state index contributed by atoms with van der Waals surface area (Å²) >= 11 is 3.31. The molecular weight excluding hydrogens is 152 g/mol. The normalized spacial score (nSPS) is 10.6. The second-order valence-electron chi connectivity index (χ2n) is 1.24. The number of hydrogen-bond donors (Lipinski definition) is 0. The van der Waals surface area contributed by atoms with E-state index in [1.807, 2.05) is 0 Å². The van der Waals surface area contributed by atoms with Crippen molar-refractivity contribution in [2.24, 2.45) is 0 Å². The van der Waals surface area contributed by atoms with E-state index >= 15 is 0 Å². The predicted molar refractivity (Wildman–Crippen MR) is 37.5 cm³/mol. The lowest BCUT2D eigenvalue weighted by molar-refractivity contribution is 1.23. The molecule has 7 heavy (non-hydrogen) atoms. The van der Waals surface area contributed by atoms with Crippen molar-refractivity contribution in [3.63, 3.8) is 0 Å². The molecule has 0 aromatic heterocycles. The van der Waals surface area contributed by atoms with Crippen LogP contribution in [0.15, 0.2) is 12.2 Å². The second kappa shape index (κ2) is 6.22. The van der Waals surface area contributed by atoms with Gasteiger partial charge in [-0.2, -0.15) is 0 Å². The quantitative estimate of drug-likeness (QED) is 0.441. The molecule has 1 radical (unpaired) electrons. The van der Waals surface area contributed by atoms with Crippen LogP contribution in [-0.2, 0) is 0 Å². The molecule has 0 heterocycles. The summed E-state index contributed by atoms with van der Waals surface area (Å²) < 4.78 is 0. The molecule has 0 fully saturated rings. The maximum atomic E-state index is 3.66. The molecule has 0 aliphatic rings. The van der Waals surface area contributed by atoms with Gasteiger partial charge in [-0.25, -0.2) is 0 Å². The molecule has 0 spiro atoms. The molecule has 0 aliphatic heterocycles. The zero-order chi connectivity index (χ0) is 5.54. The van der Waals surface area contributed by atoms with Crippen LogP contribution in [0.1, 0.15) is 12.8 Å². The Hall–Kier alpha value is 0.220. The summed E-state index contributed by atoms with van der Waals surface area (Å²) in [6.07, 6.45) is 6.23. The zero-order valence-electron chi connectivity index (χ0n) is 4.36. The summed E-state index contributed by atoms with van der Waals surface area (Å²) in [5, 5.41) is 1.06. The fraction of sp³-hybridized carbons (Fsp3) is 0.500. The molecule has 0 N–H and O–H groups in total. The SMILES string of the molecule is [CH2]C/C=C\CCBr. The van der Waals surface area contributed by atoms with E-state index < -0.39 is 0 Å². The van der Waals surface area contributed by atoms with Gasteiger partial charge >= 0.3 is 0 Å². The number of halogens is 1. The lowest BCUT2D eigenvalue weighted by Gasteiger charge is -1.78. The van der Waals surface area contributed by atoms with Gasteiger partial charge < -0.3 is 0 Å². The molecule has 0 rings (SSSR count). The van der Waals surface area contributed by atoms with Crippen molar-refractivity contribution < 1.29 is 0 Å². The van der Waals surface area contributed by atoms with Crippen molar-refractivity contribution in [2.45, 2.75) is 12.8 Å². The third-order valence-electron chi connectivity index (χ3n) is 0.609. The van der Waals surface area contributed by atoms with Gasteiger partial charge in [0.1, 0.15) is 0 Å². The zero-order valence-corrected chi connectivity index (χ0v) is 5.95. The first-order chi connectivity index (χ1) is 3.41. The summed E-state index contributed by atoms with van der Waals surface area (Å²) in [5.74, 6) is 0. The summed E-state index contributed by atoms with van der Waals surface area (Å²) in [6, 6.07) is 0. The van der Waals surface area contributed by atoms with E-state index in [0.717, 1.165) is 18.2 Å². The van der Waals surface area contributed by atoms with Gasteiger partial charge in [0.05, 0.1) is 0 Å². The Kier molecular flexibility index (Phi) is 6.42. The number of rotatable bonds is 3. The van der Waals surface area contributed by atoms with Gasteiger partial charge in [0.15, 0.2) is 0 Å². The summed E-state index contributed by atoms with van der Waals surface area (Å²) in [6.45, 7) is 3.66. The van der Waals surface area contributed by atoms with Crippen molar-refractivity contribution >= 4 is 15.9 Å². The van der Waals surface area contributed by atoms with E-state index in [2.05, 4.69) is 35.0 Å². The molecule has 0 bridgehead atoms. The van der Waals surface area contributed by atoms with Crippen molar-refractivity contribution in [1.29, 1.82) is 0 Å². The monoisotopic (exact) mass is 161 g/mol. The summed E-state index contributed by atoms with van der Waals surface area (Å²) in [5.41, 5.74) is 0.